The molecule has 3 heterocycles. The fraction of sp³-hybridized carbons (Fsp3) is 0.812. The number of carbonyl (C=O) groups is 1. The summed E-state index contributed by atoms with van der Waals surface area (Å²) in [5.41, 5.74) is 0.0408. The summed E-state index contributed by atoms with van der Waals surface area (Å²) >= 11 is 0. The van der Waals surface area contributed by atoms with Crippen molar-refractivity contribution in [3.8, 4) is 0 Å². The number of aryl methyl sites for hydroxylation is 1. The summed E-state index contributed by atoms with van der Waals surface area (Å²) in [5.74, 6) is 1.74. The highest BCUT2D eigenvalue weighted by molar-refractivity contribution is 5.76. The molecule has 1 amide bonds. The van der Waals surface area contributed by atoms with Gasteiger partial charge in [-0.1, -0.05) is 18.5 Å². The molecule has 1 aromatic rings. The van der Waals surface area contributed by atoms with E-state index in [2.05, 4.69) is 17.1 Å². The van der Waals surface area contributed by atoms with Crippen molar-refractivity contribution in [2.45, 2.75) is 51.9 Å². The van der Waals surface area contributed by atoms with E-state index in [1.807, 2.05) is 11.8 Å². The molecule has 0 saturated carbocycles. The van der Waals surface area contributed by atoms with Gasteiger partial charge in [-0.2, -0.15) is 4.98 Å². The third-order valence-corrected chi connectivity index (χ3v) is 5.07. The Hall–Kier alpha value is -1.43. The lowest BCUT2D eigenvalue weighted by atomic mass is 9.72. The van der Waals surface area contributed by atoms with E-state index >= 15 is 0 Å². The molecule has 6 heteroatoms. The van der Waals surface area contributed by atoms with Crippen molar-refractivity contribution in [1.29, 1.82) is 0 Å². The average Bonchev–Trinajstić information content (AvgIpc) is 3.10. The Morgan fingerprint density at radius 1 is 1.41 bits per heavy atom. The number of aromatic nitrogens is 2. The lowest BCUT2D eigenvalue weighted by molar-refractivity contribution is -0.131. The summed E-state index contributed by atoms with van der Waals surface area (Å²) in [7, 11) is 0. The first-order valence-electron chi connectivity index (χ1n) is 8.30. The molecular weight excluding hydrogens is 282 g/mol. The topological polar surface area (TPSA) is 68.5 Å². The molecular formula is C16H25N3O3. The zero-order valence-corrected chi connectivity index (χ0v) is 13.5. The number of amides is 1. The van der Waals surface area contributed by atoms with Gasteiger partial charge in [-0.3, -0.25) is 4.79 Å². The van der Waals surface area contributed by atoms with E-state index in [0.29, 0.717) is 24.7 Å². The Morgan fingerprint density at radius 3 is 2.82 bits per heavy atom. The van der Waals surface area contributed by atoms with E-state index < -0.39 is 0 Å². The van der Waals surface area contributed by atoms with E-state index in [1.54, 1.807) is 0 Å². The maximum Gasteiger partial charge on any atom is 0.232 e. The summed E-state index contributed by atoms with van der Waals surface area (Å²) in [4.78, 5) is 18.9. The molecule has 2 aliphatic heterocycles. The van der Waals surface area contributed by atoms with Gasteiger partial charge in [-0.15, -0.1) is 0 Å². The monoisotopic (exact) mass is 307 g/mol. The second-order valence-electron chi connectivity index (χ2n) is 6.58. The van der Waals surface area contributed by atoms with Crippen LogP contribution in [0.1, 0.15) is 56.7 Å². The van der Waals surface area contributed by atoms with Gasteiger partial charge in [0.05, 0.1) is 5.92 Å². The Labute approximate surface area is 131 Å². The molecule has 1 atom stereocenters. The minimum atomic E-state index is 0.0408. The predicted molar refractivity (Wildman–Crippen MR) is 80.4 cm³/mol. The van der Waals surface area contributed by atoms with Gasteiger partial charge >= 0.3 is 0 Å². The third kappa shape index (κ3) is 2.89. The number of nitrogens with zero attached hydrogens (tertiary/aromatic N) is 3. The van der Waals surface area contributed by atoms with Crippen molar-refractivity contribution in [2.24, 2.45) is 5.41 Å². The molecule has 22 heavy (non-hydrogen) atoms. The lowest BCUT2D eigenvalue weighted by Crippen LogP contribution is -2.37. The fourth-order valence-electron chi connectivity index (χ4n) is 3.72. The fourth-order valence-corrected chi connectivity index (χ4v) is 3.72. The molecule has 2 saturated heterocycles. The molecule has 1 spiro atoms. The molecule has 0 aliphatic carbocycles. The number of unbranched alkanes of at least 4 members (excludes halogenated alkanes) is 1. The van der Waals surface area contributed by atoms with Crippen LogP contribution >= 0.6 is 0 Å². The van der Waals surface area contributed by atoms with Crippen molar-refractivity contribution < 1.29 is 14.1 Å². The number of hydrogen-bond donors (Lipinski definition) is 0. The molecule has 0 N–H and O–H groups in total. The Bertz CT molecular complexity index is 522. The van der Waals surface area contributed by atoms with Gasteiger partial charge in [0.1, 0.15) is 0 Å². The molecule has 1 aromatic heterocycles. The Balaban J connectivity index is 1.80. The summed E-state index contributed by atoms with van der Waals surface area (Å²) in [5, 5.41) is 3.94. The summed E-state index contributed by atoms with van der Waals surface area (Å²) in [6.45, 7) is 6.94. The van der Waals surface area contributed by atoms with Gasteiger partial charge in [0.25, 0.3) is 0 Å². The smallest absolute Gasteiger partial charge is 0.232 e. The maximum absolute atomic E-state index is 12.4. The second kappa shape index (κ2) is 6.36. The Morgan fingerprint density at radius 2 is 2.18 bits per heavy atom. The number of carbonyl (C=O) groups excluding carboxylic acids is 1. The number of ether oxygens (including phenoxy) is 1. The van der Waals surface area contributed by atoms with Crippen molar-refractivity contribution >= 4 is 5.91 Å². The van der Waals surface area contributed by atoms with Crippen molar-refractivity contribution in [3.05, 3.63) is 11.7 Å². The number of hydrogen-bond acceptors (Lipinski definition) is 5. The van der Waals surface area contributed by atoms with Crippen LogP contribution in [0.25, 0.3) is 0 Å². The second-order valence-corrected chi connectivity index (χ2v) is 6.58. The summed E-state index contributed by atoms with van der Waals surface area (Å²) < 4.78 is 11.0. The highest BCUT2D eigenvalue weighted by Gasteiger charge is 2.51. The normalized spacial score (nSPS) is 24.1. The van der Waals surface area contributed by atoms with Gasteiger partial charge in [-0.25, -0.2) is 0 Å². The van der Waals surface area contributed by atoms with Crippen LogP contribution in [-0.4, -0.2) is 47.3 Å². The van der Waals surface area contributed by atoms with Gasteiger partial charge in [-0.05, 0) is 26.2 Å². The highest BCUT2D eigenvalue weighted by atomic mass is 16.5. The van der Waals surface area contributed by atoms with E-state index in [9.17, 15) is 4.79 Å². The van der Waals surface area contributed by atoms with Crippen LogP contribution in [0.4, 0.5) is 0 Å². The van der Waals surface area contributed by atoms with Crippen LogP contribution in [0.5, 0.6) is 0 Å². The van der Waals surface area contributed by atoms with Crippen molar-refractivity contribution in [1.82, 2.24) is 15.0 Å². The first-order valence-corrected chi connectivity index (χ1v) is 8.30. The quantitative estimate of drug-likeness (QED) is 0.853. The molecule has 1 unspecified atom stereocenters. The van der Waals surface area contributed by atoms with Crippen molar-refractivity contribution in [2.75, 3.05) is 26.3 Å². The average molecular weight is 307 g/mol. The maximum atomic E-state index is 12.4. The number of rotatable bonds is 4. The molecule has 0 bridgehead atoms. The van der Waals surface area contributed by atoms with Crippen molar-refractivity contribution in [3.63, 3.8) is 0 Å². The largest absolute Gasteiger partial charge is 0.381 e. The molecule has 6 nitrogen and oxygen atoms in total. The van der Waals surface area contributed by atoms with E-state index in [1.165, 1.54) is 0 Å². The van der Waals surface area contributed by atoms with Gasteiger partial charge < -0.3 is 14.2 Å². The first-order chi connectivity index (χ1) is 10.6. The zero-order chi connectivity index (χ0) is 15.6. The molecule has 2 fully saturated rings. The molecule has 3 rings (SSSR count). The minimum absolute atomic E-state index is 0.0408. The summed E-state index contributed by atoms with van der Waals surface area (Å²) in [6, 6.07) is 0. The van der Waals surface area contributed by atoms with Gasteiger partial charge in [0.2, 0.25) is 11.8 Å². The highest BCUT2D eigenvalue weighted by Crippen LogP contribution is 2.49. The predicted octanol–water partition coefficient (Wildman–Crippen LogP) is 2.29. The van der Waals surface area contributed by atoms with Crippen LogP contribution in [0.2, 0.25) is 0 Å². The Kier molecular flexibility index (Phi) is 4.47. The number of likely N-dealkylation sites (tertiary alicyclic amines) is 1. The first kappa shape index (κ1) is 15.5. The van der Waals surface area contributed by atoms with Crippen LogP contribution in [0, 0.1) is 12.3 Å². The lowest BCUT2D eigenvalue weighted by Gasteiger charge is -2.36. The van der Waals surface area contributed by atoms with Gasteiger partial charge in [0.15, 0.2) is 5.82 Å². The van der Waals surface area contributed by atoms with Crippen LogP contribution in [0.15, 0.2) is 4.52 Å². The van der Waals surface area contributed by atoms with E-state index in [0.717, 1.165) is 45.4 Å². The summed E-state index contributed by atoms with van der Waals surface area (Å²) in [6.07, 6.45) is 4.55. The molecule has 2 aliphatic rings. The van der Waals surface area contributed by atoms with E-state index in [4.69, 9.17) is 9.26 Å². The minimum Gasteiger partial charge on any atom is -0.381 e. The SMILES string of the molecule is CCCCC(=O)N1CC(c2nc(C)no2)C2(CCOCC2)C1. The standard InChI is InChI=1S/C16H25N3O3/c1-3-4-5-14(20)19-10-13(15-17-12(2)18-22-15)16(11-19)6-8-21-9-7-16/h13H,3-11H2,1-2H3. The van der Waals surface area contributed by atoms with Gasteiger partial charge in [0, 0.05) is 38.1 Å². The molecule has 122 valence electrons. The van der Waals surface area contributed by atoms with Crippen LogP contribution < -0.4 is 0 Å². The van der Waals surface area contributed by atoms with E-state index in [-0.39, 0.29) is 17.2 Å². The molecule has 0 radical (unpaired) electrons. The van der Waals surface area contributed by atoms with Crippen LogP contribution in [0.3, 0.4) is 0 Å². The van der Waals surface area contributed by atoms with Crippen LogP contribution in [-0.2, 0) is 9.53 Å². The third-order valence-electron chi connectivity index (χ3n) is 5.07. The zero-order valence-electron chi connectivity index (χ0n) is 13.5. The molecule has 0 aromatic carbocycles.